The van der Waals surface area contributed by atoms with Gasteiger partial charge in [-0.05, 0) is 53.4 Å². The summed E-state index contributed by atoms with van der Waals surface area (Å²) in [4.78, 5) is 4.75. The number of nitrogens with two attached hydrogens (primary N) is 1. The molecule has 166 valence electrons. The third kappa shape index (κ3) is 4.64. The van der Waals surface area contributed by atoms with E-state index in [9.17, 15) is 0 Å². The summed E-state index contributed by atoms with van der Waals surface area (Å²) in [5.74, 6) is 2.18. The van der Waals surface area contributed by atoms with Crippen molar-refractivity contribution < 1.29 is 14.2 Å². The van der Waals surface area contributed by atoms with E-state index < -0.39 is 0 Å². The number of nitrogens with zero attached hydrogens (tertiary/aromatic N) is 2. The van der Waals surface area contributed by atoms with Gasteiger partial charge in [-0.1, -0.05) is 32.9 Å². The summed E-state index contributed by atoms with van der Waals surface area (Å²) in [5, 5.41) is 0. The van der Waals surface area contributed by atoms with E-state index in [0.29, 0.717) is 30.4 Å². The SMILES string of the molecule is COc1ccc(-c2cn3cccc(OCCOc4ccc(C(C)(C)C)cc4)c3n2)cc1N. The summed E-state index contributed by atoms with van der Waals surface area (Å²) in [5.41, 5.74) is 10.5. The summed E-state index contributed by atoms with van der Waals surface area (Å²) in [7, 11) is 1.60. The van der Waals surface area contributed by atoms with Crippen LogP contribution in [0.1, 0.15) is 26.3 Å². The van der Waals surface area contributed by atoms with Crippen molar-refractivity contribution in [2.24, 2.45) is 0 Å². The molecule has 4 aromatic rings. The standard InChI is InChI=1S/C26H29N3O3/c1-26(2,3)19-8-10-20(11-9-19)31-14-15-32-24-6-5-13-29-17-22(28-25(24)29)18-7-12-23(30-4)21(27)16-18/h5-13,16-17H,14-15,27H2,1-4H3. The molecule has 0 fully saturated rings. The van der Waals surface area contributed by atoms with Crippen molar-refractivity contribution in [3.63, 3.8) is 0 Å². The minimum atomic E-state index is 0.126. The number of fused-ring (bicyclic) bond motifs is 1. The van der Waals surface area contributed by atoms with E-state index in [-0.39, 0.29) is 5.41 Å². The van der Waals surface area contributed by atoms with E-state index in [1.165, 1.54) is 5.56 Å². The number of anilines is 1. The highest BCUT2D eigenvalue weighted by atomic mass is 16.5. The van der Waals surface area contributed by atoms with Gasteiger partial charge in [0.15, 0.2) is 11.4 Å². The Balaban J connectivity index is 1.42. The molecule has 0 atom stereocenters. The molecule has 0 bridgehead atoms. The first-order valence-electron chi connectivity index (χ1n) is 10.6. The van der Waals surface area contributed by atoms with Crippen LogP contribution in [0.15, 0.2) is 67.0 Å². The molecule has 6 nitrogen and oxygen atoms in total. The molecule has 0 saturated heterocycles. The largest absolute Gasteiger partial charge is 0.495 e. The second kappa shape index (κ2) is 8.83. The lowest BCUT2D eigenvalue weighted by Crippen LogP contribution is -2.11. The van der Waals surface area contributed by atoms with Gasteiger partial charge < -0.3 is 24.3 Å². The van der Waals surface area contributed by atoms with Gasteiger partial charge in [-0.2, -0.15) is 0 Å². The highest BCUT2D eigenvalue weighted by Gasteiger charge is 2.13. The van der Waals surface area contributed by atoms with Crippen molar-refractivity contribution in [2.75, 3.05) is 26.1 Å². The molecule has 6 heteroatoms. The maximum Gasteiger partial charge on any atom is 0.180 e. The van der Waals surface area contributed by atoms with Gasteiger partial charge >= 0.3 is 0 Å². The quantitative estimate of drug-likeness (QED) is 0.316. The Bertz CT molecular complexity index is 1210. The van der Waals surface area contributed by atoms with Crippen LogP contribution < -0.4 is 19.9 Å². The molecule has 2 aromatic heterocycles. The van der Waals surface area contributed by atoms with Crippen molar-refractivity contribution >= 4 is 11.3 Å². The summed E-state index contributed by atoms with van der Waals surface area (Å²) < 4.78 is 19.0. The highest BCUT2D eigenvalue weighted by Crippen LogP contribution is 2.30. The second-order valence-corrected chi connectivity index (χ2v) is 8.66. The molecule has 4 rings (SSSR count). The van der Waals surface area contributed by atoms with Crippen LogP contribution in [-0.2, 0) is 5.41 Å². The molecule has 0 amide bonds. The van der Waals surface area contributed by atoms with Crippen molar-refractivity contribution in [1.29, 1.82) is 0 Å². The predicted molar refractivity (Wildman–Crippen MR) is 128 cm³/mol. The molecule has 0 spiro atoms. The molecule has 32 heavy (non-hydrogen) atoms. The third-order valence-electron chi connectivity index (χ3n) is 5.30. The molecule has 2 N–H and O–H groups in total. The third-order valence-corrected chi connectivity index (χ3v) is 5.30. The first-order chi connectivity index (χ1) is 15.3. The Labute approximate surface area is 188 Å². The Morgan fingerprint density at radius 1 is 0.938 bits per heavy atom. The lowest BCUT2D eigenvalue weighted by Gasteiger charge is -2.19. The summed E-state index contributed by atoms with van der Waals surface area (Å²) in [6.45, 7) is 7.45. The summed E-state index contributed by atoms with van der Waals surface area (Å²) in [6, 6.07) is 17.7. The van der Waals surface area contributed by atoms with Gasteiger partial charge in [0, 0.05) is 18.0 Å². The molecule has 0 aliphatic heterocycles. The lowest BCUT2D eigenvalue weighted by atomic mass is 9.87. The average molecular weight is 432 g/mol. The number of nitrogen functional groups attached to an aromatic ring is 1. The average Bonchev–Trinajstić information content (AvgIpc) is 3.21. The van der Waals surface area contributed by atoms with E-state index in [1.54, 1.807) is 7.11 Å². The van der Waals surface area contributed by atoms with Gasteiger partial charge in [0.25, 0.3) is 0 Å². The predicted octanol–water partition coefficient (Wildman–Crippen LogP) is 5.35. The number of ether oxygens (including phenoxy) is 3. The van der Waals surface area contributed by atoms with E-state index in [1.807, 2.05) is 59.3 Å². The van der Waals surface area contributed by atoms with Crippen molar-refractivity contribution in [3.8, 4) is 28.5 Å². The number of rotatable bonds is 7. The maximum atomic E-state index is 6.05. The van der Waals surface area contributed by atoms with Gasteiger partial charge in [-0.3, -0.25) is 0 Å². The van der Waals surface area contributed by atoms with Crippen molar-refractivity contribution in [3.05, 3.63) is 72.6 Å². The fourth-order valence-corrected chi connectivity index (χ4v) is 3.49. The first kappa shape index (κ1) is 21.6. The summed E-state index contributed by atoms with van der Waals surface area (Å²) >= 11 is 0. The monoisotopic (exact) mass is 431 g/mol. The van der Waals surface area contributed by atoms with Crippen LogP contribution in [0, 0.1) is 0 Å². The maximum absolute atomic E-state index is 6.05. The van der Waals surface area contributed by atoms with Crippen LogP contribution in [-0.4, -0.2) is 29.7 Å². The van der Waals surface area contributed by atoms with Gasteiger partial charge in [0.1, 0.15) is 24.7 Å². The number of hydrogen-bond donors (Lipinski definition) is 1. The zero-order valence-electron chi connectivity index (χ0n) is 19.0. The Morgan fingerprint density at radius 3 is 2.38 bits per heavy atom. The zero-order chi connectivity index (χ0) is 22.7. The van der Waals surface area contributed by atoms with Crippen molar-refractivity contribution in [1.82, 2.24) is 9.38 Å². The Hall–Kier alpha value is -3.67. The van der Waals surface area contributed by atoms with Gasteiger partial charge in [0.2, 0.25) is 0 Å². The molecule has 0 aliphatic carbocycles. The van der Waals surface area contributed by atoms with Crippen LogP contribution in [0.2, 0.25) is 0 Å². The van der Waals surface area contributed by atoms with Gasteiger partial charge in [0.05, 0.1) is 18.5 Å². The molecule has 0 radical (unpaired) electrons. The van der Waals surface area contributed by atoms with Crippen LogP contribution in [0.25, 0.3) is 16.9 Å². The van der Waals surface area contributed by atoms with Crippen molar-refractivity contribution in [2.45, 2.75) is 26.2 Å². The minimum absolute atomic E-state index is 0.126. The number of methoxy groups -OCH3 is 1. The van der Waals surface area contributed by atoms with Crippen LogP contribution >= 0.6 is 0 Å². The smallest absolute Gasteiger partial charge is 0.180 e. The van der Waals surface area contributed by atoms with Gasteiger partial charge in [-0.25, -0.2) is 4.98 Å². The highest BCUT2D eigenvalue weighted by molar-refractivity contribution is 5.71. The molecular formula is C26H29N3O3. The Kier molecular flexibility index (Phi) is 5.95. The Morgan fingerprint density at radius 2 is 1.69 bits per heavy atom. The zero-order valence-corrected chi connectivity index (χ0v) is 19.0. The number of imidazole rings is 1. The van der Waals surface area contributed by atoms with Gasteiger partial charge in [-0.15, -0.1) is 0 Å². The van der Waals surface area contributed by atoms with E-state index in [4.69, 9.17) is 24.9 Å². The number of hydrogen-bond acceptors (Lipinski definition) is 5. The fourth-order valence-electron chi connectivity index (χ4n) is 3.49. The number of benzene rings is 2. The molecule has 2 aromatic carbocycles. The van der Waals surface area contributed by atoms with Crippen LogP contribution in [0.4, 0.5) is 5.69 Å². The molecule has 0 unspecified atom stereocenters. The molecule has 0 saturated carbocycles. The molecule has 0 aliphatic rings. The van der Waals surface area contributed by atoms with Crippen LogP contribution in [0.5, 0.6) is 17.2 Å². The number of pyridine rings is 1. The first-order valence-corrected chi connectivity index (χ1v) is 10.6. The van der Waals surface area contributed by atoms with E-state index in [2.05, 4.69) is 32.9 Å². The fraction of sp³-hybridized carbons (Fsp3) is 0.269. The normalized spacial score (nSPS) is 11.5. The lowest BCUT2D eigenvalue weighted by molar-refractivity contribution is 0.218. The van der Waals surface area contributed by atoms with Crippen LogP contribution in [0.3, 0.4) is 0 Å². The second-order valence-electron chi connectivity index (χ2n) is 8.66. The molecular weight excluding hydrogens is 402 g/mol. The summed E-state index contributed by atoms with van der Waals surface area (Å²) in [6.07, 6.45) is 3.90. The van der Waals surface area contributed by atoms with E-state index in [0.717, 1.165) is 22.7 Å². The molecule has 2 heterocycles. The minimum Gasteiger partial charge on any atom is -0.495 e. The topological polar surface area (TPSA) is 71.0 Å². The van der Waals surface area contributed by atoms with E-state index >= 15 is 0 Å². The number of aromatic nitrogens is 2.